The highest BCUT2D eigenvalue weighted by Crippen LogP contribution is 2.41. The summed E-state index contributed by atoms with van der Waals surface area (Å²) in [6.45, 7) is 0. The van der Waals surface area contributed by atoms with Crippen molar-refractivity contribution in [2.24, 2.45) is 0 Å². The monoisotopic (exact) mass is 268 g/mol. The Morgan fingerprint density at radius 2 is 1.79 bits per heavy atom. The van der Waals surface area contributed by atoms with Crippen LogP contribution < -0.4 is 4.90 Å². The molecule has 0 aliphatic carbocycles. The molecule has 0 radical (unpaired) electrons. The normalized spacial score (nSPS) is 13.5. The van der Waals surface area contributed by atoms with Crippen molar-refractivity contribution < 1.29 is 4.39 Å². The summed E-state index contributed by atoms with van der Waals surface area (Å²) < 4.78 is 13.0. The van der Waals surface area contributed by atoms with Crippen LogP contribution in [0.1, 0.15) is 5.56 Å². The number of thioether (sulfide) groups is 1. The quantitative estimate of drug-likeness (QED) is 0.725. The van der Waals surface area contributed by atoms with Crippen molar-refractivity contribution in [1.82, 2.24) is 0 Å². The third-order valence-corrected chi connectivity index (χ3v) is 3.82. The Morgan fingerprint density at radius 1 is 1.05 bits per heavy atom. The predicted molar refractivity (Wildman–Crippen MR) is 74.8 cm³/mol. The van der Waals surface area contributed by atoms with Gasteiger partial charge in [-0.15, -0.1) is 0 Å². The smallest absolute Gasteiger partial charge is 0.189 e. The van der Waals surface area contributed by atoms with Gasteiger partial charge in [-0.2, -0.15) is 5.26 Å². The van der Waals surface area contributed by atoms with Crippen molar-refractivity contribution in [2.45, 2.75) is 4.90 Å². The van der Waals surface area contributed by atoms with Crippen LogP contribution in [-0.4, -0.2) is 0 Å². The fraction of sp³-hybridized carbons (Fsp3) is 0. The van der Waals surface area contributed by atoms with Gasteiger partial charge in [0.05, 0.1) is 11.4 Å². The minimum Gasteiger partial charge on any atom is -0.245 e. The maximum absolute atomic E-state index is 13.0. The maximum Gasteiger partial charge on any atom is 0.189 e. The lowest BCUT2D eigenvalue weighted by molar-refractivity contribution is 0.627. The van der Waals surface area contributed by atoms with E-state index in [2.05, 4.69) is 6.19 Å². The minimum atomic E-state index is -0.281. The summed E-state index contributed by atoms with van der Waals surface area (Å²) in [4.78, 5) is 2.61. The Hall–Kier alpha value is -2.25. The summed E-state index contributed by atoms with van der Waals surface area (Å²) >= 11 is 1.57. The SMILES string of the molecule is N#CN1C(c2ccc(F)cc2)=CSc2ccccc21. The van der Waals surface area contributed by atoms with E-state index in [9.17, 15) is 9.65 Å². The summed E-state index contributed by atoms with van der Waals surface area (Å²) in [6, 6.07) is 13.9. The van der Waals surface area contributed by atoms with E-state index < -0.39 is 0 Å². The van der Waals surface area contributed by atoms with Crippen molar-refractivity contribution in [2.75, 3.05) is 4.90 Å². The van der Waals surface area contributed by atoms with Crippen LogP contribution in [-0.2, 0) is 0 Å². The molecule has 0 aromatic heterocycles. The summed E-state index contributed by atoms with van der Waals surface area (Å²) in [5, 5.41) is 11.3. The predicted octanol–water partition coefficient (Wildman–Crippen LogP) is 4.22. The second-order valence-electron chi connectivity index (χ2n) is 4.03. The molecule has 2 aromatic carbocycles. The summed E-state index contributed by atoms with van der Waals surface area (Å²) in [7, 11) is 0. The first-order valence-corrected chi connectivity index (χ1v) is 6.59. The van der Waals surface area contributed by atoms with Crippen LogP contribution in [0.3, 0.4) is 0 Å². The standard InChI is InChI=1S/C15H9FN2S/c16-12-7-5-11(6-8-12)14-9-19-15-4-2-1-3-13(15)18(14)10-17/h1-9H. The van der Waals surface area contributed by atoms with Crippen LogP contribution in [0.25, 0.3) is 5.70 Å². The molecule has 92 valence electrons. The number of nitriles is 1. The molecule has 1 heterocycles. The summed E-state index contributed by atoms with van der Waals surface area (Å²) in [6.07, 6.45) is 2.18. The van der Waals surface area contributed by atoms with Crippen LogP contribution in [0.2, 0.25) is 0 Å². The van der Waals surface area contributed by atoms with Gasteiger partial charge in [0.2, 0.25) is 0 Å². The first kappa shape index (κ1) is 11.8. The van der Waals surface area contributed by atoms with E-state index in [4.69, 9.17) is 0 Å². The first-order valence-electron chi connectivity index (χ1n) is 5.71. The van der Waals surface area contributed by atoms with E-state index in [0.29, 0.717) is 0 Å². The van der Waals surface area contributed by atoms with E-state index in [1.807, 2.05) is 29.7 Å². The Balaban J connectivity index is 2.07. The molecule has 0 unspecified atom stereocenters. The number of hydrogen-bond acceptors (Lipinski definition) is 3. The maximum atomic E-state index is 13.0. The van der Waals surface area contributed by atoms with E-state index >= 15 is 0 Å². The molecule has 0 bridgehead atoms. The van der Waals surface area contributed by atoms with Crippen LogP contribution in [0.15, 0.2) is 58.8 Å². The lowest BCUT2D eigenvalue weighted by Gasteiger charge is -2.25. The van der Waals surface area contributed by atoms with Gasteiger partial charge in [0, 0.05) is 15.9 Å². The third-order valence-electron chi connectivity index (χ3n) is 2.88. The number of benzene rings is 2. The number of anilines is 1. The number of para-hydroxylation sites is 1. The van der Waals surface area contributed by atoms with Gasteiger partial charge in [-0.1, -0.05) is 23.9 Å². The van der Waals surface area contributed by atoms with Gasteiger partial charge in [0.25, 0.3) is 0 Å². The van der Waals surface area contributed by atoms with E-state index in [-0.39, 0.29) is 5.82 Å². The molecule has 0 N–H and O–H groups in total. The van der Waals surface area contributed by atoms with Gasteiger partial charge in [-0.3, -0.25) is 0 Å². The highest BCUT2D eigenvalue weighted by molar-refractivity contribution is 8.02. The second kappa shape index (κ2) is 4.79. The number of hydrogen-bond donors (Lipinski definition) is 0. The molecule has 0 saturated heterocycles. The molecule has 0 amide bonds. The first-order chi connectivity index (χ1) is 9.29. The van der Waals surface area contributed by atoms with Crippen molar-refractivity contribution in [3.8, 4) is 6.19 Å². The largest absolute Gasteiger partial charge is 0.245 e. The zero-order valence-corrected chi connectivity index (χ0v) is 10.7. The van der Waals surface area contributed by atoms with Crippen molar-refractivity contribution in [1.29, 1.82) is 5.26 Å². The molecular weight excluding hydrogens is 259 g/mol. The summed E-state index contributed by atoms with van der Waals surface area (Å²) in [5.41, 5.74) is 2.45. The molecule has 2 aromatic rings. The van der Waals surface area contributed by atoms with Gasteiger partial charge >= 0.3 is 0 Å². The molecule has 0 fully saturated rings. The molecule has 19 heavy (non-hydrogen) atoms. The van der Waals surface area contributed by atoms with Crippen LogP contribution >= 0.6 is 11.8 Å². The number of rotatable bonds is 1. The Labute approximate surface area is 114 Å². The van der Waals surface area contributed by atoms with Gasteiger partial charge in [0.15, 0.2) is 6.19 Å². The molecule has 1 aliphatic heterocycles. The highest BCUT2D eigenvalue weighted by Gasteiger charge is 2.21. The summed E-state index contributed by atoms with van der Waals surface area (Å²) in [5.74, 6) is -0.281. The molecule has 3 rings (SSSR count). The van der Waals surface area contributed by atoms with Gasteiger partial charge in [0.1, 0.15) is 5.82 Å². The number of halogens is 1. The molecule has 0 saturated carbocycles. The minimum absolute atomic E-state index is 0.281. The topological polar surface area (TPSA) is 27.0 Å². The zero-order valence-electron chi connectivity index (χ0n) is 9.88. The zero-order chi connectivity index (χ0) is 13.2. The van der Waals surface area contributed by atoms with Crippen molar-refractivity contribution in [3.63, 3.8) is 0 Å². The molecule has 2 nitrogen and oxygen atoms in total. The number of fused-ring (bicyclic) bond motifs is 1. The third kappa shape index (κ3) is 2.09. The van der Waals surface area contributed by atoms with Crippen LogP contribution in [0, 0.1) is 17.3 Å². The Kier molecular flexibility index (Phi) is 2.98. The van der Waals surface area contributed by atoms with E-state index in [1.165, 1.54) is 12.1 Å². The average molecular weight is 268 g/mol. The van der Waals surface area contributed by atoms with Crippen LogP contribution in [0.5, 0.6) is 0 Å². The van der Waals surface area contributed by atoms with Gasteiger partial charge in [-0.05, 0) is 36.4 Å². The van der Waals surface area contributed by atoms with Gasteiger partial charge in [-0.25, -0.2) is 9.29 Å². The van der Waals surface area contributed by atoms with Gasteiger partial charge < -0.3 is 0 Å². The Bertz CT molecular complexity index is 686. The highest BCUT2D eigenvalue weighted by atomic mass is 32.2. The fourth-order valence-electron chi connectivity index (χ4n) is 1.97. The Morgan fingerprint density at radius 3 is 2.53 bits per heavy atom. The molecule has 0 atom stereocenters. The second-order valence-corrected chi connectivity index (χ2v) is 4.94. The lowest BCUT2D eigenvalue weighted by atomic mass is 10.1. The van der Waals surface area contributed by atoms with E-state index in [0.717, 1.165) is 21.8 Å². The molecule has 0 spiro atoms. The average Bonchev–Trinajstić information content (AvgIpc) is 2.47. The van der Waals surface area contributed by atoms with E-state index in [1.54, 1.807) is 28.8 Å². The molecular formula is C15H9FN2S. The van der Waals surface area contributed by atoms with Crippen molar-refractivity contribution in [3.05, 3.63) is 65.3 Å². The lowest BCUT2D eigenvalue weighted by Crippen LogP contribution is -2.17. The molecule has 4 heteroatoms. The number of nitrogens with zero attached hydrogens (tertiary/aromatic N) is 2. The fourth-order valence-corrected chi connectivity index (χ4v) is 2.89. The van der Waals surface area contributed by atoms with Crippen LogP contribution in [0.4, 0.5) is 10.1 Å². The molecule has 1 aliphatic rings. The van der Waals surface area contributed by atoms with Crippen molar-refractivity contribution >= 4 is 23.1 Å².